The average molecular weight is 412 g/mol. The molecule has 2 aromatic carbocycles. The number of hydrogen-bond acceptors (Lipinski definition) is 2. The van der Waals surface area contributed by atoms with Gasteiger partial charge in [0.25, 0.3) is 0 Å². The van der Waals surface area contributed by atoms with Crippen LogP contribution in [0.4, 0.5) is 4.39 Å². The molecule has 4 aromatic rings. The minimum Gasteiger partial charge on any atom is -0.436 e. The molecule has 0 atom stereocenters. The zero-order valence-electron chi connectivity index (χ0n) is 14.5. The Labute approximate surface area is 159 Å². The van der Waals surface area contributed by atoms with Gasteiger partial charge in [0.1, 0.15) is 16.9 Å². The lowest BCUT2D eigenvalue weighted by molar-refractivity contribution is -0.688. The molecule has 130 valence electrons. The number of oxazole rings is 1. The maximum atomic E-state index is 13.1. The summed E-state index contributed by atoms with van der Waals surface area (Å²) in [4.78, 5) is 4.66. The first-order chi connectivity index (χ1) is 12.5. The van der Waals surface area contributed by atoms with E-state index in [1.54, 1.807) is 12.1 Å². The second-order valence-electron chi connectivity index (χ2n) is 6.49. The Bertz CT molecular complexity index is 1100. The summed E-state index contributed by atoms with van der Waals surface area (Å²) in [5, 5.41) is 0. The normalized spacial score (nSPS) is 11.2. The summed E-state index contributed by atoms with van der Waals surface area (Å²) in [7, 11) is 0. The fraction of sp³-hybridized carbons (Fsp3) is 0.143. The monoisotopic (exact) mass is 411 g/mol. The van der Waals surface area contributed by atoms with E-state index < -0.39 is 0 Å². The number of hydrogen-bond donors (Lipinski definition) is 0. The summed E-state index contributed by atoms with van der Waals surface area (Å²) in [5.74, 6) is 0.355. The van der Waals surface area contributed by atoms with Crippen molar-refractivity contribution >= 4 is 27.0 Å². The number of aromatic nitrogens is 2. The second-order valence-corrected chi connectivity index (χ2v) is 7.41. The van der Waals surface area contributed by atoms with Gasteiger partial charge in [-0.2, -0.15) is 4.57 Å². The number of fused-ring (bicyclic) bond motifs is 1. The van der Waals surface area contributed by atoms with E-state index in [9.17, 15) is 4.39 Å². The Morgan fingerprint density at radius 3 is 2.62 bits per heavy atom. The summed E-state index contributed by atoms with van der Waals surface area (Å²) < 4.78 is 22.1. The molecule has 2 aromatic heterocycles. The Hall–Kier alpha value is -2.53. The largest absolute Gasteiger partial charge is 0.436 e. The van der Waals surface area contributed by atoms with Crippen molar-refractivity contribution in [2.75, 3.05) is 0 Å². The predicted octanol–water partition coefficient (Wildman–Crippen LogP) is 5.35. The lowest BCUT2D eigenvalue weighted by atomic mass is 10.1. The first-order valence-corrected chi connectivity index (χ1v) is 9.09. The van der Waals surface area contributed by atoms with Crippen LogP contribution in [0.25, 0.3) is 22.6 Å². The van der Waals surface area contributed by atoms with Crippen LogP contribution in [-0.2, 0) is 6.54 Å². The SMILES string of the molecule is Cc1cc(C)c2oc(-c3cc(Br)c[n+](Cc4ccc(F)cc4)c3)nc2c1. The molecule has 5 heteroatoms. The van der Waals surface area contributed by atoms with E-state index in [1.165, 1.54) is 12.1 Å². The van der Waals surface area contributed by atoms with E-state index in [2.05, 4.69) is 33.9 Å². The van der Waals surface area contributed by atoms with Crippen LogP contribution in [-0.4, -0.2) is 4.98 Å². The summed E-state index contributed by atoms with van der Waals surface area (Å²) in [5.41, 5.74) is 5.82. The Balaban J connectivity index is 1.74. The van der Waals surface area contributed by atoms with Gasteiger partial charge in [0.15, 0.2) is 24.5 Å². The molecule has 0 aliphatic carbocycles. The number of pyridine rings is 1. The van der Waals surface area contributed by atoms with Gasteiger partial charge in [0.2, 0.25) is 5.89 Å². The van der Waals surface area contributed by atoms with Gasteiger partial charge >= 0.3 is 0 Å². The maximum absolute atomic E-state index is 13.1. The van der Waals surface area contributed by atoms with Gasteiger partial charge in [-0.3, -0.25) is 0 Å². The Morgan fingerprint density at radius 2 is 1.85 bits per heavy atom. The van der Waals surface area contributed by atoms with Crippen LogP contribution in [0.1, 0.15) is 16.7 Å². The van der Waals surface area contributed by atoms with Crippen molar-refractivity contribution in [2.24, 2.45) is 0 Å². The van der Waals surface area contributed by atoms with Gasteiger partial charge in [-0.15, -0.1) is 0 Å². The number of halogens is 2. The Morgan fingerprint density at radius 1 is 1.08 bits per heavy atom. The molecule has 0 bridgehead atoms. The van der Waals surface area contributed by atoms with Crippen LogP contribution in [0.5, 0.6) is 0 Å². The topological polar surface area (TPSA) is 29.9 Å². The fourth-order valence-electron chi connectivity index (χ4n) is 3.11. The van der Waals surface area contributed by atoms with E-state index >= 15 is 0 Å². The van der Waals surface area contributed by atoms with Crippen molar-refractivity contribution in [3.63, 3.8) is 0 Å². The first kappa shape index (κ1) is 16.9. The van der Waals surface area contributed by atoms with Gasteiger partial charge in [-0.1, -0.05) is 6.07 Å². The summed E-state index contributed by atoms with van der Waals surface area (Å²) in [6, 6.07) is 12.6. The van der Waals surface area contributed by atoms with Crippen LogP contribution >= 0.6 is 15.9 Å². The van der Waals surface area contributed by atoms with Crippen LogP contribution in [0, 0.1) is 19.7 Å². The molecule has 0 amide bonds. The third-order valence-corrected chi connectivity index (χ3v) is 4.67. The molecular weight excluding hydrogens is 395 g/mol. The molecule has 0 spiro atoms. The van der Waals surface area contributed by atoms with Crippen molar-refractivity contribution in [3.8, 4) is 11.5 Å². The minimum absolute atomic E-state index is 0.231. The third kappa shape index (κ3) is 3.40. The first-order valence-electron chi connectivity index (χ1n) is 8.30. The molecule has 0 saturated heterocycles. The number of aryl methyl sites for hydroxylation is 2. The van der Waals surface area contributed by atoms with Crippen molar-refractivity contribution in [1.82, 2.24) is 4.98 Å². The van der Waals surface area contributed by atoms with Crippen LogP contribution < -0.4 is 4.57 Å². The van der Waals surface area contributed by atoms with Crippen LogP contribution in [0.2, 0.25) is 0 Å². The highest BCUT2D eigenvalue weighted by Crippen LogP contribution is 2.28. The highest BCUT2D eigenvalue weighted by molar-refractivity contribution is 9.10. The summed E-state index contributed by atoms with van der Waals surface area (Å²) in [6.45, 7) is 4.71. The van der Waals surface area contributed by atoms with Gasteiger partial charge in [-0.05, 0) is 77.3 Å². The lowest BCUT2D eigenvalue weighted by Gasteiger charge is -2.01. The van der Waals surface area contributed by atoms with Gasteiger partial charge in [-0.25, -0.2) is 9.37 Å². The standard InChI is InChI=1S/C21H17BrFN2O/c1-13-7-14(2)20-19(8-13)24-21(26-20)16-9-17(22)12-25(11-16)10-15-3-5-18(23)6-4-15/h3-9,11-12H,10H2,1-2H3/q+1. The molecule has 0 aliphatic heterocycles. The summed E-state index contributed by atoms with van der Waals surface area (Å²) >= 11 is 3.55. The second kappa shape index (κ2) is 6.65. The maximum Gasteiger partial charge on any atom is 0.233 e. The average Bonchev–Trinajstić information content (AvgIpc) is 3.01. The molecular formula is C21H17BrFN2O+. The number of benzene rings is 2. The molecule has 3 nitrogen and oxygen atoms in total. The smallest absolute Gasteiger partial charge is 0.233 e. The molecule has 0 saturated carbocycles. The van der Waals surface area contributed by atoms with E-state index in [-0.39, 0.29) is 5.82 Å². The predicted molar refractivity (Wildman–Crippen MR) is 102 cm³/mol. The molecule has 26 heavy (non-hydrogen) atoms. The zero-order chi connectivity index (χ0) is 18.3. The van der Waals surface area contributed by atoms with E-state index in [0.717, 1.165) is 37.8 Å². The van der Waals surface area contributed by atoms with Crippen molar-refractivity contribution in [3.05, 3.63) is 81.8 Å². The van der Waals surface area contributed by atoms with Gasteiger partial charge in [0, 0.05) is 5.56 Å². The van der Waals surface area contributed by atoms with Crippen molar-refractivity contribution in [2.45, 2.75) is 20.4 Å². The third-order valence-electron chi connectivity index (χ3n) is 4.23. The molecule has 2 heterocycles. The highest BCUT2D eigenvalue weighted by atomic mass is 79.9. The van der Waals surface area contributed by atoms with E-state index in [1.807, 2.05) is 36.0 Å². The van der Waals surface area contributed by atoms with Gasteiger partial charge in [0.05, 0.1) is 4.47 Å². The van der Waals surface area contributed by atoms with Crippen molar-refractivity contribution in [1.29, 1.82) is 0 Å². The fourth-order valence-corrected chi connectivity index (χ4v) is 3.62. The van der Waals surface area contributed by atoms with Crippen molar-refractivity contribution < 1.29 is 13.4 Å². The van der Waals surface area contributed by atoms with Gasteiger partial charge < -0.3 is 4.42 Å². The number of rotatable bonds is 3. The lowest BCUT2D eigenvalue weighted by Crippen LogP contribution is -2.33. The minimum atomic E-state index is -0.231. The molecule has 4 rings (SSSR count). The molecule has 0 aliphatic rings. The quantitative estimate of drug-likeness (QED) is 0.425. The van der Waals surface area contributed by atoms with E-state index in [4.69, 9.17) is 4.42 Å². The Kier molecular flexibility index (Phi) is 4.32. The van der Waals surface area contributed by atoms with E-state index in [0.29, 0.717) is 12.4 Å². The molecule has 0 N–H and O–H groups in total. The van der Waals surface area contributed by atoms with Crippen LogP contribution in [0.15, 0.2) is 63.7 Å². The highest BCUT2D eigenvalue weighted by Gasteiger charge is 2.15. The zero-order valence-corrected chi connectivity index (χ0v) is 16.0. The molecule has 0 radical (unpaired) electrons. The van der Waals surface area contributed by atoms with Crippen LogP contribution in [0.3, 0.4) is 0 Å². The molecule has 0 unspecified atom stereocenters. The molecule has 0 fully saturated rings. The number of nitrogens with zero attached hydrogens (tertiary/aromatic N) is 2. The summed E-state index contributed by atoms with van der Waals surface area (Å²) in [6.07, 6.45) is 3.96.